The summed E-state index contributed by atoms with van der Waals surface area (Å²) >= 11 is 0. The van der Waals surface area contributed by atoms with Crippen molar-refractivity contribution in [3.05, 3.63) is 59.7 Å². The third-order valence-corrected chi connectivity index (χ3v) is 4.71. The molecule has 2 aromatic carbocycles. The smallest absolute Gasteiger partial charge is 0.254 e. The summed E-state index contributed by atoms with van der Waals surface area (Å²) in [4.78, 5) is 16.1. The van der Waals surface area contributed by atoms with Crippen molar-refractivity contribution in [2.24, 2.45) is 0 Å². The van der Waals surface area contributed by atoms with Crippen molar-refractivity contribution in [3.63, 3.8) is 0 Å². The Hall–Kier alpha value is -2.53. The van der Waals surface area contributed by atoms with Crippen LogP contribution in [0.25, 0.3) is 0 Å². The Balaban J connectivity index is 1.59. The average molecular weight is 341 g/mol. The van der Waals surface area contributed by atoms with Gasteiger partial charge in [-0.3, -0.25) is 4.79 Å². The molecule has 0 spiro atoms. The van der Waals surface area contributed by atoms with Crippen LogP contribution in [-0.4, -0.2) is 51.2 Å². The van der Waals surface area contributed by atoms with Crippen LogP contribution in [-0.2, 0) is 6.54 Å². The SMILES string of the molecule is COc1cccc(C(=O)N2CC[NH+](Cc3ccccc3OC)CC2)c1. The lowest BCUT2D eigenvalue weighted by molar-refractivity contribution is -0.917. The molecule has 3 rings (SSSR count). The van der Waals surface area contributed by atoms with Gasteiger partial charge < -0.3 is 19.3 Å². The fraction of sp³-hybridized carbons (Fsp3) is 0.350. The van der Waals surface area contributed by atoms with Crippen LogP contribution in [0, 0.1) is 0 Å². The Labute approximate surface area is 148 Å². The second-order valence-corrected chi connectivity index (χ2v) is 6.26. The van der Waals surface area contributed by atoms with E-state index in [1.165, 1.54) is 10.5 Å². The molecule has 1 amide bonds. The number of quaternary nitrogens is 1. The molecule has 1 saturated heterocycles. The van der Waals surface area contributed by atoms with Crippen LogP contribution in [0.1, 0.15) is 15.9 Å². The molecule has 5 nitrogen and oxygen atoms in total. The van der Waals surface area contributed by atoms with Gasteiger partial charge in [-0.25, -0.2) is 0 Å². The topological polar surface area (TPSA) is 43.2 Å². The van der Waals surface area contributed by atoms with Gasteiger partial charge in [0.2, 0.25) is 0 Å². The molecule has 1 aliphatic heterocycles. The Bertz CT molecular complexity index is 724. The highest BCUT2D eigenvalue weighted by Gasteiger charge is 2.25. The second kappa shape index (κ2) is 8.03. The molecule has 1 aliphatic rings. The first-order chi connectivity index (χ1) is 12.2. The van der Waals surface area contributed by atoms with E-state index in [1.54, 1.807) is 20.3 Å². The van der Waals surface area contributed by atoms with Crippen molar-refractivity contribution in [3.8, 4) is 11.5 Å². The van der Waals surface area contributed by atoms with Gasteiger partial charge in [-0.1, -0.05) is 18.2 Å². The Morgan fingerprint density at radius 1 is 1.04 bits per heavy atom. The third kappa shape index (κ3) is 4.12. The largest absolute Gasteiger partial charge is 0.497 e. The van der Waals surface area contributed by atoms with E-state index < -0.39 is 0 Å². The lowest BCUT2D eigenvalue weighted by Gasteiger charge is -2.32. The Morgan fingerprint density at radius 2 is 1.80 bits per heavy atom. The molecule has 2 aromatic rings. The monoisotopic (exact) mass is 341 g/mol. The minimum Gasteiger partial charge on any atom is -0.497 e. The summed E-state index contributed by atoms with van der Waals surface area (Å²) < 4.78 is 10.6. The third-order valence-electron chi connectivity index (χ3n) is 4.71. The molecule has 0 bridgehead atoms. The van der Waals surface area contributed by atoms with Crippen molar-refractivity contribution in [2.45, 2.75) is 6.54 Å². The molecule has 0 radical (unpaired) electrons. The van der Waals surface area contributed by atoms with Crippen LogP contribution in [0.3, 0.4) is 0 Å². The summed E-state index contributed by atoms with van der Waals surface area (Å²) in [5, 5.41) is 0. The van der Waals surface area contributed by atoms with E-state index in [0.717, 1.165) is 38.5 Å². The highest BCUT2D eigenvalue weighted by atomic mass is 16.5. The van der Waals surface area contributed by atoms with E-state index in [-0.39, 0.29) is 5.91 Å². The fourth-order valence-electron chi connectivity index (χ4n) is 3.26. The highest BCUT2D eigenvalue weighted by molar-refractivity contribution is 5.94. The first-order valence-corrected chi connectivity index (χ1v) is 8.60. The maximum absolute atomic E-state index is 12.7. The summed E-state index contributed by atoms with van der Waals surface area (Å²) in [5.41, 5.74) is 1.90. The number of carbonyl (C=O) groups is 1. The zero-order valence-corrected chi connectivity index (χ0v) is 14.8. The number of amides is 1. The van der Waals surface area contributed by atoms with Gasteiger partial charge >= 0.3 is 0 Å². The maximum atomic E-state index is 12.7. The van der Waals surface area contributed by atoms with Gasteiger partial charge in [0.15, 0.2) is 0 Å². The molecule has 1 heterocycles. The van der Waals surface area contributed by atoms with Crippen molar-refractivity contribution in [1.29, 1.82) is 0 Å². The zero-order chi connectivity index (χ0) is 17.6. The number of nitrogens with zero attached hydrogens (tertiary/aromatic N) is 1. The summed E-state index contributed by atoms with van der Waals surface area (Å²) in [5.74, 6) is 1.73. The molecular formula is C20H25N2O3+. The van der Waals surface area contributed by atoms with E-state index in [9.17, 15) is 4.79 Å². The van der Waals surface area contributed by atoms with E-state index in [1.807, 2.05) is 41.3 Å². The van der Waals surface area contributed by atoms with Crippen molar-refractivity contribution in [2.75, 3.05) is 40.4 Å². The van der Waals surface area contributed by atoms with Crippen LogP contribution >= 0.6 is 0 Å². The standard InChI is InChI=1S/C20H24N2O3/c1-24-18-8-5-7-16(14-18)20(23)22-12-10-21(11-13-22)15-17-6-3-4-9-19(17)25-2/h3-9,14H,10-13,15H2,1-2H3/p+1. The molecule has 0 aromatic heterocycles. The highest BCUT2D eigenvalue weighted by Crippen LogP contribution is 2.16. The van der Waals surface area contributed by atoms with Gasteiger partial charge in [0.1, 0.15) is 18.0 Å². The first-order valence-electron chi connectivity index (χ1n) is 8.60. The van der Waals surface area contributed by atoms with Crippen LogP contribution in [0.5, 0.6) is 11.5 Å². The summed E-state index contributed by atoms with van der Waals surface area (Å²) in [6, 6.07) is 15.5. The van der Waals surface area contributed by atoms with E-state index in [4.69, 9.17) is 9.47 Å². The molecule has 0 aliphatic carbocycles. The maximum Gasteiger partial charge on any atom is 0.254 e. The van der Waals surface area contributed by atoms with Gasteiger partial charge in [0.05, 0.1) is 40.4 Å². The lowest BCUT2D eigenvalue weighted by Crippen LogP contribution is -3.13. The van der Waals surface area contributed by atoms with Crippen LogP contribution in [0.2, 0.25) is 0 Å². The van der Waals surface area contributed by atoms with Crippen molar-refractivity contribution >= 4 is 5.91 Å². The molecule has 1 fully saturated rings. The molecule has 0 unspecified atom stereocenters. The zero-order valence-electron chi connectivity index (χ0n) is 14.8. The van der Waals surface area contributed by atoms with E-state index in [0.29, 0.717) is 11.3 Å². The number of benzene rings is 2. The summed E-state index contributed by atoms with van der Waals surface area (Å²) in [6.45, 7) is 4.33. The number of carbonyl (C=O) groups excluding carboxylic acids is 1. The number of rotatable bonds is 5. The lowest BCUT2D eigenvalue weighted by atomic mass is 10.1. The molecule has 25 heavy (non-hydrogen) atoms. The van der Waals surface area contributed by atoms with Gasteiger partial charge in [0, 0.05) is 11.1 Å². The molecule has 0 atom stereocenters. The number of piperazine rings is 1. The number of nitrogens with one attached hydrogen (secondary N) is 1. The van der Waals surface area contributed by atoms with Gasteiger partial charge in [-0.15, -0.1) is 0 Å². The molecule has 0 saturated carbocycles. The normalized spacial score (nSPS) is 15.0. The molecule has 132 valence electrons. The predicted octanol–water partition coefficient (Wildman–Crippen LogP) is 1.24. The van der Waals surface area contributed by atoms with Gasteiger partial charge in [0.25, 0.3) is 5.91 Å². The average Bonchev–Trinajstić information content (AvgIpc) is 2.68. The van der Waals surface area contributed by atoms with Crippen LogP contribution < -0.4 is 14.4 Å². The number of para-hydroxylation sites is 1. The number of hydrogen-bond donors (Lipinski definition) is 1. The van der Waals surface area contributed by atoms with Crippen molar-refractivity contribution in [1.82, 2.24) is 4.90 Å². The quantitative estimate of drug-likeness (QED) is 0.890. The second-order valence-electron chi connectivity index (χ2n) is 6.26. The first kappa shape index (κ1) is 17.3. The van der Waals surface area contributed by atoms with E-state index in [2.05, 4.69) is 6.07 Å². The van der Waals surface area contributed by atoms with Crippen molar-refractivity contribution < 1.29 is 19.2 Å². The van der Waals surface area contributed by atoms with Gasteiger partial charge in [-0.2, -0.15) is 0 Å². The van der Waals surface area contributed by atoms with E-state index >= 15 is 0 Å². The minimum atomic E-state index is 0.0789. The van der Waals surface area contributed by atoms with Gasteiger partial charge in [-0.05, 0) is 30.3 Å². The fourth-order valence-corrected chi connectivity index (χ4v) is 3.26. The molecular weight excluding hydrogens is 316 g/mol. The summed E-state index contributed by atoms with van der Waals surface area (Å²) in [7, 11) is 3.32. The predicted molar refractivity (Wildman–Crippen MR) is 96.3 cm³/mol. The number of hydrogen-bond acceptors (Lipinski definition) is 3. The Morgan fingerprint density at radius 3 is 2.52 bits per heavy atom. The molecule has 1 N–H and O–H groups in total. The van der Waals surface area contributed by atoms with Crippen LogP contribution in [0.4, 0.5) is 0 Å². The Kier molecular flexibility index (Phi) is 5.56. The minimum absolute atomic E-state index is 0.0789. The summed E-state index contributed by atoms with van der Waals surface area (Å²) in [6.07, 6.45) is 0. The van der Waals surface area contributed by atoms with Crippen LogP contribution in [0.15, 0.2) is 48.5 Å². The number of methoxy groups -OCH3 is 2. The number of ether oxygens (including phenoxy) is 2. The molecule has 5 heteroatoms.